The minimum Gasteiger partial charge on any atom is -0.476 e. The van der Waals surface area contributed by atoms with Crippen LogP contribution in [0.15, 0.2) is 23.1 Å². The zero-order valence-corrected chi connectivity index (χ0v) is 11.4. The molecule has 1 aliphatic heterocycles. The smallest absolute Gasteiger partial charge is 0.339 e. The largest absolute Gasteiger partial charge is 0.476 e. The molecule has 98 valence electrons. The van der Waals surface area contributed by atoms with E-state index in [1.807, 2.05) is 19.9 Å². The Kier molecular flexibility index (Phi) is 3.54. The van der Waals surface area contributed by atoms with Gasteiger partial charge in [0, 0.05) is 0 Å². The van der Waals surface area contributed by atoms with Gasteiger partial charge >= 0.3 is 5.97 Å². The Balaban J connectivity index is 2.21. The van der Waals surface area contributed by atoms with Gasteiger partial charge in [-0.3, -0.25) is 0 Å². The van der Waals surface area contributed by atoms with E-state index in [4.69, 9.17) is 9.47 Å². The molecular weight excluding hydrogens is 252 g/mol. The van der Waals surface area contributed by atoms with Crippen LogP contribution in [0.1, 0.15) is 32.4 Å². The number of esters is 1. The molecule has 4 nitrogen and oxygen atoms in total. The van der Waals surface area contributed by atoms with Gasteiger partial charge in [0.05, 0.1) is 11.5 Å². The number of ether oxygens (including phenoxy) is 2. The first-order valence-corrected chi connectivity index (χ1v) is 6.61. The molecule has 1 atom stereocenters. The van der Waals surface area contributed by atoms with Gasteiger partial charge in [-0.1, -0.05) is 17.8 Å². The van der Waals surface area contributed by atoms with Crippen molar-refractivity contribution in [2.45, 2.75) is 36.7 Å². The summed E-state index contributed by atoms with van der Waals surface area (Å²) in [5, 5.41) is 9.84. The Morgan fingerprint density at radius 3 is 2.94 bits per heavy atom. The van der Waals surface area contributed by atoms with Crippen LogP contribution in [-0.2, 0) is 9.53 Å². The van der Waals surface area contributed by atoms with Gasteiger partial charge in [-0.05, 0) is 38.5 Å². The average Bonchev–Trinajstić information content (AvgIpc) is 2.60. The standard InChI is InChI=1S/C13H16O4S/c1-4-16-12(15)11(14)8-5-6-10-9(7-8)17-13(2,3)18-10/h5-7,11,14H,4H2,1-3H3. The van der Waals surface area contributed by atoms with Crippen LogP contribution in [0.3, 0.4) is 0 Å². The SMILES string of the molecule is CCOC(=O)C(O)c1ccc2c(c1)OC(C)(C)S2. The lowest BCUT2D eigenvalue weighted by Gasteiger charge is -2.15. The van der Waals surface area contributed by atoms with Gasteiger partial charge < -0.3 is 14.6 Å². The molecule has 1 aromatic rings. The lowest BCUT2D eigenvalue weighted by atomic mass is 10.1. The first-order valence-electron chi connectivity index (χ1n) is 5.79. The highest BCUT2D eigenvalue weighted by atomic mass is 32.2. The van der Waals surface area contributed by atoms with Crippen molar-refractivity contribution in [3.8, 4) is 5.75 Å². The number of thioether (sulfide) groups is 1. The van der Waals surface area contributed by atoms with Gasteiger partial charge in [-0.2, -0.15) is 0 Å². The molecule has 0 saturated carbocycles. The normalized spacial score (nSPS) is 17.8. The highest BCUT2D eigenvalue weighted by Crippen LogP contribution is 2.47. The van der Waals surface area contributed by atoms with Crippen LogP contribution in [0, 0.1) is 0 Å². The van der Waals surface area contributed by atoms with Crippen LogP contribution in [0.25, 0.3) is 0 Å². The maximum absolute atomic E-state index is 11.5. The zero-order valence-electron chi connectivity index (χ0n) is 10.6. The quantitative estimate of drug-likeness (QED) is 0.854. The molecule has 0 bridgehead atoms. The average molecular weight is 268 g/mol. The molecule has 0 radical (unpaired) electrons. The van der Waals surface area contributed by atoms with Crippen molar-refractivity contribution in [3.05, 3.63) is 23.8 Å². The number of fused-ring (bicyclic) bond motifs is 1. The second-order valence-corrected chi connectivity index (χ2v) is 6.09. The Morgan fingerprint density at radius 2 is 2.28 bits per heavy atom. The van der Waals surface area contributed by atoms with Crippen LogP contribution in [0.5, 0.6) is 5.75 Å². The lowest BCUT2D eigenvalue weighted by Crippen LogP contribution is -2.18. The Labute approximate surface area is 110 Å². The van der Waals surface area contributed by atoms with Crippen molar-refractivity contribution < 1.29 is 19.4 Å². The fraction of sp³-hybridized carbons (Fsp3) is 0.462. The molecule has 1 unspecified atom stereocenters. The minimum absolute atomic E-state index is 0.250. The molecule has 0 spiro atoms. The third-order valence-corrected chi connectivity index (χ3v) is 3.64. The van der Waals surface area contributed by atoms with Crippen molar-refractivity contribution in [2.75, 3.05) is 6.61 Å². The molecule has 1 heterocycles. The number of benzene rings is 1. The third-order valence-electron chi connectivity index (χ3n) is 2.50. The van der Waals surface area contributed by atoms with Crippen molar-refractivity contribution >= 4 is 17.7 Å². The summed E-state index contributed by atoms with van der Waals surface area (Å²) >= 11 is 1.61. The van der Waals surface area contributed by atoms with Gasteiger partial charge in [-0.15, -0.1) is 0 Å². The molecule has 0 aliphatic carbocycles. The van der Waals surface area contributed by atoms with E-state index in [0.717, 1.165) is 4.90 Å². The summed E-state index contributed by atoms with van der Waals surface area (Å²) in [5.74, 6) is 0.0632. The lowest BCUT2D eigenvalue weighted by molar-refractivity contribution is -0.153. The summed E-state index contributed by atoms with van der Waals surface area (Å²) in [7, 11) is 0. The van der Waals surface area contributed by atoms with Crippen molar-refractivity contribution in [2.24, 2.45) is 0 Å². The van der Waals surface area contributed by atoms with E-state index >= 15 is 0 Å². The van der Waals surface area contributed by atoms with Crippen LogP contribution in [-0.4, -0.2) is 22.6 Å². The maximum Gasteiger partial charge on any atom is 0.339 e. The van der Waals surface area contributed by atoms with Gasteiger partial charge in [0.15, 0.2) is 11.0 Å². The predicted octanol–water partition coefficient (Wildman–Crippen LogP) is 2.50. The Hall–Kier alpha value is -1.20. The van der Waals surface area contributed by atoms with Crippen LogP contribution in [0.4, 0.5) is 0 Å². The molecule has 5 heteroatoms. The van der Waals surface area contributed by atoms with E-state index < -0.39 is 12.1 Å². The van der Waals surface area contributed by atoms with E-state index in [-0.39, 0.29) is 11.5 Å². The first-order chi connectivity index (χ1) is 8.43. The van der Waals surface area contributed by atoms with Crippen molar-refractivity contribution in [1.82, 2.24) is 0 Å². The summed E-state index contributed by atoms with van der Waals surface area (Å²) < 4.78 is 10.5. The molecule has 2 rings (SSSR count). The molecule has 0 fully saturated rings. The Morgan fingerprint density at radius 1 is 1.56 bits per heavy atom. The van der Waals surface area contributed by atoms with E-state index in [1.165, 1.54) is 0 Å². The second-order valence-electron chi connectivity index (χ2n) is 4.46. The zero-order chi connectivity index (χ0) is 13.3. The number of carbonyl (C=O) groups excluding carboxylic acids is 1. The van der Waals surface area contributed by atoms with E-state index in [9.17, 15) is 9.90 Å². The molecule has 1 aliphatic rings. The Bertz CT molecular complexity index is 470. The third kappa shape index (κ3) is 2.62. The fourth-order valence-corrected chi connectivity index (χ4v) is 2.76. The van der Waals surface area contributed by atoms with Gasteiger partial charge in [0.25, 0.3) is 0 Å². The van der Waals surface area contributed by atoms with Crippen LogP contribution in [0.2, 0.25) is 0 Å². The first kappa shape index (κ1) is 13.2. The maximum atomic E-state index is 11.5. The minimum atomic E-state index is -1.26. The predicted molar refractivity (Wildman–Crippen MR) is 68.6 cm³/mol. The van der Waals surface area contributed by atoms with Crippen molar-refractivity contribution in [3.63, 3.8) is 0 Å². The molecule has 18 heavy (non-hydrogen) atoms. The molecular formula is C13H16O4S. The summed E-state index contributed by atoms with van der Waals surface area (Å²) in [4.78, 5) is 12.2. The monoisotopic (exact) mass is 268 g/mol. The molecule has 0 saturated heterocycles. The fourth-order valence-electron chi connectivity index (χ4n) is 1.77. The highest BCUT2D eigenvalue weighted by molar-refractivity contribution is 8.00. The van der Waals surface area contributed by atoms with Gasteiger partial charge in [0.1, 0.15) is 5.75 Å². The number of carbonyl (C=O) groups is 1. The summed E-state index contributed by atoms with van der Waals surface area (Å²) in [5.41, 5.74) is 0.491. The van der Waals surface area contributed by atoms with Crippen molar-refractivity contribution in [1.29, 1.82) is 0 Å². The number of rotatable bonds is 3. The van der Waals surface area contributed by atoms with Gasteiger partial charge in [0.2, 0.25) is 0 Å². The highest BCUT2D eigenvalue weighted by Gasteiger charge is 2.32. The van der Waals surface area contributed by atoms with Crippen LogP contribution < -0.4 is 4.74 Å². The molecule has 0 aromatic heterocycles. The second kappa shape index (κ2) is 4.82. The van der Waals surface area contributed by atoms with E-state index in [2.05, 4.69) is 0 Å². The molecule has 0 amide bonds. The number of hydrogen-bond donors (Lipinski definition) is 1. The number of aliphatic hydroxyl groups excluding tert-OH is 1. The number of aliphatic hydroxyl groups is 1. The van der Waals surface area contributed by atoms with Gasteiger partial charge in [-0.25, -0.2) is 4.79 Å². The summed E-state index contributed by atoms with van der Waals surface area (Å²) in [6, 6.07) is 5.27. The summed E-state index contributed by atoms with van der Waals surface area (Å²) in [6.07, 6.45) is -1.26. The summed E-state index contributed by atoms with van der Waals surface area (Å²) in [6.45, 7) is 5.90. The van der Waals surface area contributed by atoms with E-state index in [1.54, 1.807) is 30.8 Å². The van der Waals surface area contributed by atoms with Crippen LogP contribution >= 0.6 is 11.8 Å². The number of hydrogen-bond acceptors (Lipinski definition) is 5. The van der Waals surface area contributed by atoms with E-state index in [0.29, 0.717) is 11.3 Å². The molecule has 1 aromatic carbocycles. The topological polar surface area (TPSA) is 55.8 Å². The molecule has 1 N–H and O–H groups in total.